The van der Waals surface area contributed by atoms with E-state index in [1.165, 1.54) is 0 Å². The highest BCUT2D eigenvalue weighted by atomic mass is 16.7. The van der Waals surface area contributed by atoms with E-state index in [9.17, 15) is 4.79 Å². The summed E-state index contributed by atoms with van der Waals surface area (Å²) in [5.74, 6) is 0.580. The van der Waals surface area contributed by atoms with Gasteiger partial charge in [0.2, 0.25) is 11.7 Å². The van der Waals surface area contributed by atoms with E-state index in [4.69, 9.17) is 9.47 Å². The van der Waals surface area contributed by atoms with Crippen molar-refractivity contribution < 1.29 is 14.3 Å². The van der Waals surface area contributed by atoms with Crippen LogP contribution < -0.4 is 14.8 Å². The summed E-state index contributed by atoms with van der Waals surface area (Å²) < 4.78 is 13.1. The van der Waals surface area contributed by atoms with Crippen molar-refractivity contribution in [1.29, 1.82) is 0 Å². The molecule has 1 aromatic carbocycles. The van der Waals surface area contributed by atoms with Gasteiger partial charge >= 0.3 is 0 Å². The van der Waals surface area contributed by atoms with Crippen LogP contribution in [-0.2, 0) is 11.3 Å². The molecule has 21 heavy (non-hydrogen) atoms. The van der Waals surface area contributed by atoms with Gasteiger partial charge in [0.25, 0.3) is 0 Å². The second kappa shape index (κ2) is 5.12. The highest BCUT2D eigenvalue weighted by Gasteiger charge is 2.34. The van der Waals surface area contributed by atoms with E-state index in [-0.39, 0.29) is 12.5 Å². The second-order valence-electron chi connectivity index (χ2n) is 5.10. The number of hydrogen-bond donors (Lipinski definition) is 1. The molecule has 0 spiro atoms. The summed E-state index contributed by atoms with van der Waals surface area (Å²) in [6, 6.07) is 7.15. The second-order valence-corrected chi connectivity index (χ2v) is 5.10. The predicted octanol–water partition coefficient (Wildman–Crippen LogP) is 2.42. The Labute approximate surface area is 122 Å². The molecule has 0 saturated heterocycles. The maximum absolute atomic E-state index is 11.9. The minimum Gasteiger partial charge on any atom is -0.449 e. The summed E-state index contributed by atoms with van der Waals surface area (Å²) in [6.45, 7) is 4.07. The molecule has 1 aliphatic heterocycles. The molecule has 0 aliphatic carbocycles. The smallest absolute Gasteiger partial charge is 0.248 e. The van der Waals surface area contributed by atoms with Gasteiger partial charge in [0.1, 0.15) is 6.54 Å². The summed E-state index contributed by atoms with van der Waals surface area (Å²) in [5.41, 5.74) is 0.676. The van der Waals surface area contributed by atoms with Crippen LogP contribution in [0.1, 0.15) is 20.3 Å². The number of amides is 1. The monoisotopic (exact) mass is 287 g/mol. The van der Waals surface area contributed by atoms with E-state index in [1.54, 1.807) is 41.3 Å². The molecule has 6 nitrogen and oxygen atoms in total. The first-order valence-electron chi connectivity index (χ1n) is 6.87. The lowest BCUT2D eigenvalue weighted by atomic mass is 10.2. The number of hydrogen-bond acceptors (Lipinski definition) is 4. The molecule has 0 unspecified atom stereocenters. The fourth-order valence-electron chi connectivity index (χ4n) is 2.12. The molecule has 6 heteroatoms. The average molecular weight is 287 g/mol. The number of nitrogens with one attached hydrogen (secondary N) is 1. The number of rotatable bonds is 4. The maximum atomic E-state index is 11.9. The Hall–Kier alpha value is -2.50. The summed E-state index contributed by atoms with van der Waals surface area (Å²) in [6.07, 6.45) is 4.12. The molecule has 3 rings (SSSR count). The largest absolute Gasteiger partial charge is 0.449 e. The molecule has 1 N–H and O–H groups in total. The van der Waals surface area contributed by atoms with Crippen LogP contribution in [0.5, 0.6) is 11.5 Å². The summed E-state index contributed by atoms with van der Waals surface area (Å²) in [7, 11) is 0. The van der Waals surface area contributed by atoms with Crippen LogP contribution >= 0.6 is 0 Å². The Morgan fingerprint density at radius 2 is 2.19 bits per heavy atom. The molecule has 1 atom stereocenters. The zero-order valence-electron chi connectivity index (χ0n) is 12.0. The molecule has 1 aliphatic rings. The molecule has 110 valence electrons. The highest BCUT2D eigenvalue weighted by molar-refractivity contribution is 5.90. The summed E-state index contributed by atoms with van der Waals surface area (Å²) in [4.78, 5) is 11.9. The van der Waals surface area contributed by atoms with Crippen LogP contribution in [0.15, 0.2) is 36.7 Å². The quantitative estimate of drug-likeness (QED) is 0.938. The van der Waals surface area contributed by atoms with Crippen LogP contribution in [0, 0.1) is 0 Å². The van der Waals surface area contributed by atoms with Gasteiger partial charge < -0.3 is 14.8 Å². The molecular formula is C15H17N3O3. The van der Waals surface area contributed by atoms with Crippen molar-refractivity contribution in [3.05, 3.63) is 36.7 Å². The molecule has 2 heterocycles. The normalized spacial score (nSPS) is 19.5. The third-order valence-corrected chi connectivity index (χ3v) is 3.39. The van der Waals surface area contributed by atoms with Crippen molar-refractivity contribution in [2.75, 3.05) is 5.32 Å². The minimum atomic E-state index is -0.625. The molecule has 0 bridgehead atoms. The number of carbonyl (C=O) groups is 1. The zero-order valence-corrected chi connectivity index (χ0v) is 12.0. The Bertz CT molecular complexity index is 654. The van der Waals surface area contributed by atoms with Gasteiger partial charge in [0, 0.05) is 37.5 Å². The fraction of sp³-hybridized carbons (Fsp3) is 0.333. The molecule has 2 aromatic rings. The molecule has 1 amide bonds. The van der Waals surface area contributed by atoms with Crippen molar-refractivity contribution in [3.8, 4) is 11.5 Å². The fourth-order valence-corrected chi connectivity index (χ4v) is 2.12. The summed E-state index contributed by atoms with van der Waals surface area (Å²) >= 11 is 0. The van der Waals surface area contributed by atoms with Crippen molar-refractivity contribution in [2.24, 2.45) is 0 Å². The number of nitrogens with zero attached hydrogens (tertiary/aromatic N) is 2. The Kier molecular flexibility index (Phi) is 3.29. The van der Waals surface area contributed by atoms with Crippen LogP contribution in [0.25, 0.3) is 0 Å². The van der Waals surface area contributed by atoms with Crippen molar-refractivity contribution in [2.45, 2.75) is 32.6 Å². The van der Waals surface area contributed by atoms with Gasteiger partial charge in [-0.2, -0.15) is 5.10 Å². The van der Waals surface area contributed by atoms with E-state index in [2.05, 4.69) is 10.4 Å². The number of anilines is 1. The Morgan fingerprint density at radius 3 is 2.90 bits per heavy atom. The topological polar surface area (TPSA) is 65.4 Å². The number of carbonyl (C=O) groups excluding carboxylic acids is 1. The van der Waals surface area contributed by atoms with Crippen molar-refractivity contribution in [1.82, 2.24) is 9.78 Å². The zero-order chi connectivity index (χ0) is 14.9. The van der Waals surface area contributed by atoms with Crippen LogP contribution in [-0.4, -0.2) is 21.5 Å². The number of ether oxygens (including phenoxy) is 2. The van der Waals surface area contributed by atoms with Crippen LogP contribution in [0.3, 0.4) is 0 Å². The summed E-state index contributed by atoms with van der Waals surface area (Å²) in [5, 5.41) is 6.82. The van der Waals surface area contributed by atoms with Gasteiger partial charge in [0.15, 0.2) is 11.5 Å². The van der Waals surface area contributed by atoms with Crippen LogP contribution in [0.4, 0.5) is 5.69 Å². The third-order valence-electron chi connectivity index (χ3n) is 3.39. The van der Waals surface area contributed by atoms with Gasteiger partial charge in [-0.25, -0.2) is 0 Å². The van der Waals surface area contributed by atoms with E-state index < -0.39 is 5.79 Å². The maximum Gasteiger partial charge on any atom is 0.248 e. The Balaban J connectivity index is 1.68. The van der Waals surface area contributed by atoms with E-state index in [0.29, 0.717) is 17.2 Å². The lowest BCUT2D eigenvalue weighted by Crippen LogP contribution is -2.33. The van der Waals surface area contributed by atoms with Crippen molar-refractivity contribution >= 4 is 11.6 Å². The predicted molar refractivity (Wildman–Crippen MR) is 77.3 cm³/mol. The molecule has 0 saturated carbocycles. The Morgan fingerprint density at radius 1 is 1.38 bits per heavy atom. The van der Waals surface area contributed by atoms with E-state index in [1.807, 2.05) is 13.8 Å². The number of fused-ring (bicyclic) bond motifs is 1. The third kappa shape index (κ3) is 2.84. The van der Waals surface area contributed by atoms with Gasteiger partial charge in [-0.1, -0.05) is 6.92 Å². The number of aromatic nitrogens is 2. The van der Waals surface area contributed by atoms with Gasteiger partial charge in [-0.05, 0) is 18.2 Å². The van der Waals surface area contributed by atoms with Crippen molar-refractivity contribution in [3.63, 3.8) is 0 Å². The molecule has 0 radical (unpaired) electrons. The van der Waals surface area contributed by atoms with Gasteiger partial charge in [-0.3, -0.25) is 9.48 Å². The first-order valence-corrected chi connectivity index (χ1v) is 6.87. The highest BCUT2D eigenvalue weighted by Crippen LogP contribution is 2.41. The lowest BCUT2D eigenvalue weighted by Gasteiger charge is -2.20. The SMILES string of the molecule is CC[C@]1(C)Oc2ccc(NC(=O)Cn3cccn3)cc2O1. The van der Waals surface area contributed by atoms with Gasteiger partial charge in [0.05, 0.1) is 0 Å². The van der Waals surface area contributed by atoms with E-state index in [0.717, 1.165) is 6.42 Å². The lowest BCUT2D eigenvalue weighted by molar-refractivity contribution is -0.116. The molecular weight excluding hydrogens is 270 g/mol. The van der Waals surface area contributed by atoms with Gasteiger partial charge in [-0.15, -0.1) is 0 Å². The van der Waals surface area contributed by atoms with E-state index >= 15 is 0 Å². The minimum absolute atomic E-state index is 0.143. The first kappa shape index (κ1) is 13.5. The molecule has 1 aromatic heterocycles. The standard InChI is InChI=1S/C15H17N3O3/c1-3-15(2)20-12-6-5-11(9-13(12)21-15)17-14(19)10-18-8-4-7-16-18/h4-9H,3,10H2,1-2H3,(H,17,19)/t15-/m1/s1. The molecule has 0 fully saturated rings. The van der Waals surface area contributed by atoms with Crippen LogP contribution in [0.2, 0.25) is 0 Å². The first-order chi connectivity index (χ1) is 10.1. The average Bonchev–Trinajstić information content (AvgIpc) is 3.05. The number of benzene rings is 1.